The van der Waals surface area contributed by atoms with Gasteiger partial charge in [-0.2, -0.15) is 0 Å². The number of hydrogen-bond donors (Lipinski definition) is 2. The maximum absolute atomic E-state index is 5.82. The monoisotopic (exact) mass is 309 g/mol. The normalized spacial score (nSPS) is 12.8. The predicted octanol–water partition coefficient (Wildman–Crippen LogP) is 1.58. The SMILES string of the molecule is COCC(C)NC(N)=NCCCc1cc(OC)ccc1OC. The third-order valence-electron chi connectivity index (χ3n) is 3.18. The zero-order chi connectivity index (χ0) is 16.4. The Morgan fingerprint density at radius 2 is 2.05 bits per heavy atom. The molecular weight excluding hydrogens is 282 g/mol. The fraction of sp³-hybridized carbons (Fsp3) is 0.562. The van der Waals surface area contributed by atoms with Crippen molar-refractivity contribution in [3.63, 3.8) is 0 Å². The first-order chi connectivity index (χ1) is 10.6. The molecule has 1 unspecified atom stereocenters. The van der Waals surface area contributed by atoms with Crippen molar-refractivity contribution in [1.82, 2.24) is 5.32 Å². The van der Waals surface area contributed by atoms with Gasteiger partial charge in [0.05, 0.1) is 20.8 Å². The summed E-state index contributed by atoms with van der Waals surface area (Å²) < 4.78 is 15.6. The van der Waals surface area contributed by atoms with E-state index >= 15 is 0 Å². The highest BCUT2D eigenvalue weighted by Gasteiger charge is 2.05. The van der Waals surface area contributed by atoms with Crippen LogP contribution in [0, 0.1) is 0 Å². The van der Waals surface area contributed by atoms with Crippen LogP contribution in [0.1, 0.15) is 18.9 Å². The fourth-order valence-electron chi connectivity index (χ4n) is 2.14. The number of nitrogens with two attached hydrogens (primary N) is 1. The van der Waals surface area contributed by atoms with Crippen LogP contribution in [-0.4, -0.2) is 46.5 Å². The van der Waals surface area contributed by atoms with E-state index in [4.69, 9.17) is 19.9 Å². The van der Waals surface area contributed by atoms with Crippen molar-refractivity contribution in [2.75, 3.05) is 34.5 Å². The standard InChI is InChI=1S/C16H27N3O3/c1-12(11-20-2)19-16(17)18-9-5-6-13-10-14(21-3)7-8-15(13)22-4/h7-8,10,12H,5-6,9,11H2,1-4H3,(H3,17,18,19). The highest BCUT2D eigenvalue weighted by Crippen LogP contribution is 2.24. The zero-order valence-electron chi connectivity index (χ0n) is 13.9. The first-order valence-electron chi connectivity index (χ1n) is 7.37. The molecule has 0 amide bonds. The maximum atomic E-state index is 5.82. The number of methoxy groups -OCH3 is 3. The molecule has 1 atom stereocenters. The molecule has 0 spiro atoms. The molecule has 3 N–H and O–H groups in total. The first-order valence-corrected chi connectivity index (χ1v) is 7.37. The summed E-state index contributed by atoms with van der Waals surface area (Å²) in [5.41, 5.74) is 6.93. The molecule has 0 aliphatic heterocycles. The number of nitrogens with zero attached hydrogens (tertiary/aromatic N) is 1. The smallest absolute Gasteiger partial charge is 0.188 e. The van der Waals surface area contributed by atoms with Crippen LogP contribution in [0.25, 0.3) is 0 Å². The number of aryl methyl sites for hydroxylation is 1. The molecule has 22 heavy (non-hydrogen) atoms. The molecule has 1 rings (SSSR count). The average Bonchev–Trinajstić information content (AvgIpc) is 2.51. The quantitative estimate of drug-likeness (QED) is 0.411. The van der Waals surface area contributed by atoms with Crippen LogP contribution < -0.4 is 20.5 Å². The van der Waals surface area contributed by atoms with Crippen LogP contribution in [-0.2, 0) is 11.2 Å². The van der Waals surface area contributed by atoms with Crippen LogP contribution in [0.15, 0.2) is 23.2 Å². The molecule has 6 heteroatoms. The second kappa shape index (κ2) is 9.89. The van der Waals surface area contributed by atoms with Crippen molar-refractivity contribution < 1.29 is 14.2 Å². The Labute approximate surface area is 132 Å². The predicted molar refractivity (Wildman–Crippen MR) is 88.8 cm³/mol. The van der Waals surface area contributed by atoms with E-state index in [1.165, 1.54) is 0 Å². The van der Waals surface area contributed by atoms with Crippen molar-refractivity contribution in [3.05, 3.63) is 23.8 Å². The number of benzene rings is 1. The van der Waals surface area contributed by atoms with Gasteiger partial charge in [-0.05, 0) is 43.5 Å². The van der Waals surface area contributed by atoms with Crippen LogP contribution in [0.4, 0.5) is 0 Å². The summed E-state index contributed by atoms with van der Waals surface area (Å²) in [4.78, 5) is 4.32. The van der Waals surface area contributed by atoms with Crippen molar-refractivity contribution >= 4 is 5.96 Å². The van der Waals surface area contributed by atoms with Gasteiger partial charge in [0.2, 0.25) is 0 Å². The Kier molecular flexibility index (Phi) is 8.14. The first kappa shape index (κ1) is 18.1. The lowest BCUT2D eigenvalue weighted by molar-refractivity contribution is 0.179. The minimum atomic E-state index is 0.146. The number of guanidine groups is 1. The number of hydrogen-bond acceptors (Lipinski definition) is 4. The van der Waals surface area contributed by atoms with Crippen LogP contribution in [0.5, 0.6) is 11.5 Å². The van der Waals surface area contributed by atoms with Crippen LogP contribution >= 0.6 is 0 Å². The molecule has 0 aliphatic rings. The van der Waals surface area contributed by atoms with Gasteiger partial charge in [0.1, 0.15) is 11.5 Å². The lowest BCUT2D eigenvalue weighted by atomic mass is 10.1. The molecule has 0 saturated heterocycles. The zero-order valence-corrected chi connectivity index (χ0v) is 13.9. The molecule has 0 saturated carbocycles. The molecular formula is C16H27N3O3. The van der Waals surface area contributed by atoms with Gasteiger partial charge < -0.3 is 25.3 Å². The van der Waals surface area contributed by atoms with Crippen molar-refractivity contribution in [2.24, 2.45) is 10.7 Å². The summed E-state index contributed by atoms with van der Waals surface area (Å²) in [7, 11) is 4.99. The fourth-order valence-corrected chi connectivity index (χ4v) is 2.14. The van der Waals surface area contributed by atoms with E-state index < -0.39 is 0 Å². The summed E-state index contributed by atoms with van der Waals surface area (Å²) in [5, 5.41) is 3.08. The highest BCUT2D eigenvalue weighted by molar-refractivity contribution is 5.78. The Balaban J connectivity index is 2.46. The molecule has 6 nitrogen and oxygen atoms in total. The Hall–Kier alpha value is -1.95. The summed E-state index contributed by atoms with van der Waals surface area (Å²) in [6.45, 7) is 3.24. The van der Waals surface area contributed by atoms with E-state index in [2.05, 4.69) is 10.3 Å². The molecule has 0 radical (unpaired) electrons. The van der Waals surface area contributed by atoms with E-state index in [-0.39, 0.29) is 6.04 Å². The second-order valence-corrected chi connectivity index (χ2v) is 5.05. The van der Waals surface area contributed by atoms with Gasteiger partial charge in [0.25, 0.3) is 0 Å². The lowest BCUT2D eigenvalue weighted by Crippen LogP contribution is -2.40. The summed E-state index contributed by atoms with van der Waals surface area (Å²) in [6.07, 6.45) is 1.73. The number of aliphatic imine (C=N–C) groups is 1. The van der Waals surface area contributed by atoms with Gasteiger partial charge in [-0.25, -0.2) is 0 Å². The maximum Gasteiger partial charge on any atom is 0.188 e. The molecule has 0 aromatic heterocycles. The average molecular weight is 309 g/mol. The third-order valence-corrected chi connectivity index (χ3v) is 3.18. The number of rotatable bonds is 9. The van der Waals surface area contributed by atoms with Crippen molar-refractivity contribution in [2.45, 2.75) is 25.8 Å². The summed E-state index contributed by atoms with van der Waals surface area (Å²) in [6, 6.07) is 5.94. The van der Waals surface area contributed by atoms with Crippen LogP contribution in [0.2, 0.25) is 0 Å². The van der Waals surface area contributed by atoms with E-state index in [0.717, 1.165) is 29.9 Å². The van der Waals surface area contributed by atoms with Crippen molar-refractivity contribution in [1.29, 1.82) is 0 Å². The molecule has 0 bridgehead atoms. The minimum Gasteiger partial charge on any atom is -0.497 e. The number of nitrogens with one attached hydrogen (secondary N) is 1. The summed E-state index contributed by atoms with van der Waals surface area (Å²) >= 11 is 0. The van der Waals surface area contributed by atoms with E-state index in [1.54, 1.807) is 21.3 Å². The van der Waals surface area contributed by atoms with Gasteiger partial charge in [-0.15, -0.1) is 0 Å². The topological polar surface area (TPSA) is 78.1 Å². The van der Waals surface area contributed by atoms with Gasteiger partial charge in [0, 0.05) is 19.7 Å². The van der Waals surface area contributed by atoms with E-state index in [0.29, 0.717) is 19.1 Å². The minimum absolute atomic E-state index is 0.146. The molecule has 0 aliphatic carbocycles. The lowest BCUT2D eigenvalue weighted by Gasteiger charge is -2.13. The Morgan fingerprint density at radius 3 is 2.68 bits per heavy atom. The van der Waals surface area contributed by atoms with Gasteiger partial charge in [0.15, 0.2) is 5.96 Å². The Morgan fingerprint density at radius 1 is 1.27 bits per heavy atom. The van der Waals surface area contributed by atoms with Crippen molar-refractivity contribution in [3.8, 4) is 11.5 Å². The van der Waals surface area contributed by atoms with Gasteiger partial charge >= 0.3 is 0 Å². The molecule has 0 heterocycles. The molecule has 124 valence electrons. The second-order valence-electron chi connectivity index (χ2n) is 5.05. The largest absolute Gasteiger partial charge is 0.497 e. The van der Waals surface area contributed by atoms with E-state index in [1.807, 2.05) is 25.1 Å². The van der Waals surface area contributed by atoms with E-state index in [9.17, 15) is 0 Å². The number of ether oxygens (including phenoxy) is 3. The van der Waals surface area contributed by atoms with Gasteiger partial charge in [-0.3, -0.25) is 4.99 Å². The molecule has 1 aromatic carbocycles. The van der Waals surface area contributed by atoms with Crippen LogP contribution in [0.3, 0.4) is 0 Å². The summed E-state index contributed by atoms with van der Waals surface area (Å²) in [5.74, 6) is 2.14. The Bertz CT molecular complexity index is 478. The highest BCUT2D eigenvalue weighted by atomic mass is 16.5. The third kappa shape index (κ3) is 6.22. The molecule has 0 fully saturated rings. The molecule has 1 aromatic rings. The van der Waals surface area contributed by atoms with Gasteiger partial charge in [-0.1, -0.05) is 0 Å².